The summed E-state index contributed by atoms with van der Waals surface area (Å²) in [5.41, 5.74) is 3.62. The van der Waals surface area contributed by atoms with E-state index in [0.717, 1.165) is 22.6 Å². The van der Waals surface area contributed by atoms with Gasteiger partial charge in [0.2, 0.25) is 11.8 Å². The Labute approximate surface area is 227 Å². The fourth-order valence-electron chi connectivity index (χ4n) is 4.04. The van der Waals surface area contributed by atoms with Gasteiger partial charge >= 0.3 is 0 Å². The second kappa shape index (κ2) is 12.1. The third kappa shape index (κ3) is 6.33. The Morgan fingerprint density at radius 3 is 2.38 bits per heavy atom. The molecule has 0 N–H and O–H groups in total. The Morgan fingerprint density at radius 2 is 1.67 bits per heavy atom. The molecule has 0 unspecified atom stereocenters. The number of ketones is 1. The predicted molar refractivity (Wildman–Crippen MR) is 147 cm³/mol. The van der Waals surface area contributed by atoms with Crippen LogP contribution in [-0.4, -0.2) is 29.5 Å². The lowest BCUT2D eigenvalue weighted by atomic mass is 10.0. The standard InChI is InChI=1S/C32H28N2O5/c1-22-28(34-32(39-22)24-11-7-4-8-12-24)17-18-37-30-16-13-25(20-33-30)31(35)27-15-14-26(36-2)19-29(27)38-21-23-9-5-3-6-10-23/h3-16,19-20H,17-18,21H2,1-2H3. The SMILES string of the molecule is COc1ccc(C(=O)c2ccc(OCCc3nc(-c4ccccc4)oc3C)nc2)c(OCc2ccccc2)c1. The molecule has 0 aliphatic carbocycles. The van der Waals surface area contributed by atoms with E-state index in [0.29, 0.717) is 54.0 Å². The number of aryl methyl sites for hydroxylation is 1. The number of nitrogens with zero attached hydrogens (tertiary/aromatic N) is 2. The first-order valence-electron chi connectivity index (χ1n) is 12.6. The minimum absolute atomic E-state index is 0.202. The van der Waals surface area contributed by atoms with Crippen molar-refractivity contribution in [2.24, 2.45) is 0 Å². The van der Waals surface area contributed by atoms with Crippen LogP contribution >= 0.6 is 0 Å². The Kier molecular flexibility index (Phi) is 7.98. The molecule has 7 nitrogen and oxygen atoms in total. The molecule has 2 heterocycles. The maximum atomic E-state index is 13.3. The van der Waals surface area contributed by atoms with Crippen molar-refractivity contribution in [3.63, 3.8) is 0 Å². The van der Waals surface area contributed by atoms with Crippen molar-refractivity contribution in [1.29, 1.82) is 0 Å². The summed E-state index contributed by atoms with van der Waals surface area (Å²) in [6, 6.07) is 28.1. The van der Waals surface area contributed by atoms with Crippen molar-refractivity contribution in [3.05, 3.63) is 125 Å². The van der Waals surface area contributed by atoms with E-state index in [9.17, 15) is 4.79 Å². The number of rotatable bonds is 11. The number of benzene rings is 3. The highest BCUT2D eigenvalue weighted by molar-refractivity contribution is 6.10. The smallest absolute Gasteiger partial charge is 0.226 e. The van der Waals surface area contributed by atoms with Crippen LogP contribution in [-0.2, 0) is 13.0 Å². The molecule has 5 aromatic rings. The van der Waals surface area contributed by atoms with Gasteiger partial charge in [-0.15, -0.1) is 0 Å². The van der Waals surface area contributed by atoms with E-state index in [1.807, 2.05) is 67.6 Å². The summed E-state index contributed by atoms with van der Waals surface area (Å²) < 4.78 is 23.0. The molecule has 0 saturated heterocycles. The van der Waals surface area contributed by atoms with Crippen molar-refractivity contribution in [2.75, 3.05) is 13.7 Å². The zero-order chi connectivity index (χ0) is 27.0. The van der Waals surface area contributed by atoms with Gasteiger partial charge in [-0.3, -0.25) is 4.79 Å². The Balaban J connectivity index is 1.22. The summed E-state index contributed by atoms with van der Waals surface area (Å²) in [6.45, 7) is 2.60. The van der Waals surface area contributed by atoms with Crippen molar-refractivity contribution >= 4 is 5.78 Å². The number of pyridine rings is 1. The summed E-state index contributed by atoms with van der Waals surface area (Å²) in [6.07, 6.45) is 2.08. The lowest BCUT2D eigenvalue weighted by Crippen LogP contribution is -2.08. The Hall–Kier alpha value is -4.91. The monoisotopic (exact) mass is 520 g/mol. The van der Waals surface area contributed by atoms with Gasteiger partial charge in [-0.05, 0) is 42.8 Å². The van der Waals surface area contributed by atoms with Crippen LogP contribution in [0.5, 0.6) is 17.4 Å². The normalized spacial score (nSPS) is 10.7. The minimum atomic E-state index is -0.202. The highest BCUT2D eigenvalue weighted by Crippen LogP contribution is 2.28. The molecule has 7 heteroatoms. The first-order valence-corrected chi connectivity index (χ1v) is 12.6. The quantitative estimate of drug-likeness (QED) is 0.184. The fraction of sp³-hybridized carbons (Fsp3) is 0.156. The minimum Gasteiger partial charge on any atom is -0.497 e. The fourth-order valence-corrected chi connectivity index (χ4v) is 4.04. The van der Waals surface area contributed by atoms with Gasteiger partial charge in [0.25, 0.3) is 0 Å². The van der Waals surface area contributed by atoms with Gasteiger partial charge in [0.05, 0.1) is 25.0 Å². The summed E-state index contributed by atoms with van der Waals surface area (Å²) in [5, 5.41) is 0. The van der Waals surface area contributed by atoms with Gasteiger partial charge in [0.1, 0.15) is 23.9 Å². The molecular weight excluding hydrogens is 492 g/mol. The van der Waals surface area contributed by atoms with Crippen molar-refractivity contribution in [1.82, 2.24) is 9.97 Å². The number of ether oxygens (including phenoxy) is 3. The number of aromatic nitrogens is 2. The van der Waals surface area contributed by atoms with E-state index < -0.39 is 0 Å². The topological polar surface area (TPSA) is 83.7 Å². The van der Waals surface area contributed by atoms with Crippen LogP contribution in [0.15, 0.2) is 102 Å². The van der Waals surface area contributed by atoms with Crippen LogP contribution in [0.1, 0.15) is 32.9 Å². The molecule has 39 heavy (non-hydrogen) atoms. The van der Waals surface area contributed by atoms with Gasteiger partial charge in [-0.1, -0.05) is 48.5 Å². The van der Waals surface area contributed by atoms with Gasteiger partial charge in [0.15, 0.2) is 5.78 Å². The lowest BCUT2D eigenvalue weighted by Gasteiger charge is -2.13. The van der Waals surface area contributed by atoms with Gasteiger partial charge in [0, 0.05) is 35.9 Å². The number of hydrogen-bond acceptors (Lipinski definition) is 7. The number of oxazole rings is 1. The van der Waals surface area contributed by atoms with Crippen LogP contribution < -0.4 is 14.2 Å². The molecule has 0 radical (unpaired) electrons. The molecular formula is C32H28N2O5. The third-order valence-electron chi connectivity index (χ3n) is 6.17. The first kappa shape index (κ1) is 25.7. The second-order valence-corrected chi connectivity index (χ2v) is 8.84. The van der Waals surface area contributed by atoms with Crippen LogP contribution in [0, 0.1) is 6.92 Å². The average Bonchev–Trinajstić information content (AvgIpc) is 3.37. The molecule has 0 saturated carbocycles. The lowest BCUT2D eigenvalue weighted by molar-refractivity contribution is 0.103. The Morgan fingerprint density at radius 1 is 0.897 bits per heavy atom. The summed E-state index contributed by atoms with van der Waals surface area (Å²) in [7, 11) is 1.58. The molecule has 0 fully saturated rings. The third-order valence-corrected chi connectivity index (χ3v) is 6.17. The highest BCUT2D eigenvalue weighted by Gasteiger charge is 2.17. The zero-order valence-corrected chi connectivity index (χ0v) is 21.8. The molecule has 0 aliphatic heterocycles. The molecule has 2 aromatic heterocycles. The molecule has 3 aromatic carbocycles. The largest absolute Gasteiger partial charge is 0.497 e. The zero-order valence-electron chi connectivity index (χ0n) is 21.8. The Bertz CT molecular complexity index is 1530. The van der Waals surface area contributed by atoms with Crippen molar-refractivity contribution < 1.29 is 23.4 Å². The number of hydrogen-bond donors (Lipinski definition) is 0. The van der Waals surface area contributed by atoms with Gasteiger partial charge < -0.3 is 18.6 Å². The summed E-state index contributed by atoms with van der Waals surface area (Å²) >= 11 is 0. The molecule has 0 atom stereocenters. The average molecular weight is 521 g/mol. The summed E-state index contributed by atoms with van der Waals surface area (Å²) in [5.74, 6) is 2.62. The molecule has 0 amide bonds. The van der Waals surface area contributed by atoms with Crippen LogP contribution in [0.4, 0.5) is 0 Å². The van der Waals surface area contributed by atoms with E-state index in [2.05, 4.69) is 9.97 Å². The summed E-state index contributed by atoms with van der Waals surface area (Å²) in [4.78, 5) is 22.3. The first-order chi connectivity index (χ1) is 19.1. The van der Waals surface area contributed by atoms with E-state index in [4.69, 9.17) is 18.6 Å². The van der Waals surface area contributed by atoms with E-state index in [1.165, 1.54) is 6.20 Å². The van der Waals surface area contributed by atoms with Crippen LogP contribution in [0.3, 0.4) is 0 Å². The van der Waals surface area contributed by atoms with E-state index >= 15 is 0 Å². The van der Waals surface area contributed by atoms with E-state index in [-0.39, 0.29) is 5.78 Å². The maximum Gasteiger partial charge on any atom is 0.226 e. The number of methoxy groups -OCH3 is 1. The van der Waals surface area contributed by atoms with Crippen LogP contribution in [0.25, 0.3) is 11.5 Å². The van der Waals surface area contributed by atoms with Gasteiger partial charge in [-0.25, -0.2) is 9.97 Å². The van der Waals surface area contributed by atoms with Gasteiger partial charge in [-0.2, -0.15) is 0 Å². The highest BCUT2D eigenvalue weighted by atomic mass is 16.5. The molecule has 0 aliphatic rings. The molecule has 0 bridgehead atoms. The second-order valence-electron chi connectivity index (χ2n) is 8.84. The predicted octanol–water partition coefficient (Wildman–Crippen LogP) is 6.49. The number of carbonyl (C=O) groups is 1. The van der Waals surface area contributed by atoms with Crippen molar-refractivity contribution in [3.8, 4) is 28.8 Å². The number of carbonyl (C=O) groups excluding carboxylic acids is 1. The van der Waals surface area contributed by atoms with E-state index in [1.54, 1.807) is 37.4 Å². The maximum absolute atomic E-state index is 13.3. The van der Waals surface area contributed by atoms with Crippen molar-refractivity contribution in [2.45, 2.75) is 20.0 Å². The molecule has 196 valence electrons. The molecule has 5 rings (SSSR count). The van der Waals surface area contributed by atoms with Crippen LogP contribution in [0.2, 0.25) is 0 Å². The molecule has 0 spiro atoms.